The number of esters is 2. The van der Waals surface area contributed by atoms with E-state index >= 15 is 0 Å². The number of amides is 1. The van der Waals surface area contributed by atoms with Gasteiger partial charge in [-0.15, -0.1) is 0 Å². The van der Waals surface area contributed by atoms with Crippen LogP contribution in [0.4, 0.5) is 5.69 Å². The summed E-state index contributed by atoms with van der Waals surface area (Å²) in [4.78, 5) is 53.2. The van der Waals surface area contributed by atoms with Crippen LogP contribution in [0.1, 0.15) is 76.9 Å². The molecule has 286 valence electrons. The minimum absolute atomic E-state index is 0.0354. The molecule has 0 saturated carbocycles. The Hall–Kier alpha value is -4.76. The largest absolute Gasteiger partial charge is 0.505 e. The molecule has 1 saturated heterocycles. The summed E-state index contributed by atoms with van der Waals surface area (Å²) < 4.78 is 23.1. The van der Waals surface area contributed by atoms with Crippen molar-refractivity contribution in [1.82, 2.24) is 0 Å². The Morgan fingerprint density at radius 2 is 1.57 bits per heavy atom. The summed E-state index contributed by atoms with van der Waals surface area (Å²) in [7, 11) is 0. The maximum Gasteiger partial charge on any atom is 0.314 e. The van der Waals surface area contributed by atoms with Crippen LogP contribution in [0.15, 0.2) is 52.5 Å². The molecule has 6 aliphatic heterocycles. The maximum absolute atomic E-state index is 13.9. The normalized spacial score (nSPS) is 32.4. The van der Waals surface area contributed by atoms with Crippen LogP contribution in [0, 0.1) is 30.6 Å². The van der Waals surface area contributed by atoms with Crippen LogP contribution in [-0.2, 0) is 28.6 Å². The van der Waals surface area contributed by atoms with Gasteiger partial charge in [0.25, 0.3) is 5.91 Å². The van der Waals surface area contributed by atoms with E-state index in [1.165, 1.54) is 46.8 Å². The fourth-order valence-corrected chi connectivity index (χ4v) is 7.55. The summed E-state index contributed by atoms with van der Waals surface area (Å²) in [6, 6.07) is 0. The topological polar surface area (TPSA) is 218 Å². The van der Waals surface area contributed by atoms with Crippen molar-refractivity contribution in [2.75, 3.05) is 12.1 Å². The molecule has 1 aromatic rings. The SMILES string of the molecule is CC(=O)Oc1c(C)c2c(O)c3c1C1=C(OCOC1=C(C)C3=O)C(C)=C[C@](C)(O)[C@H](O)[C@H](C)[C@H](O)[C@H]1C(=O)O[C@H]([C@@H](C)[C@@H]1O)[C@H](C)C=CC=C(C)C(=O)N2. The zero-order valence-corrected chi connectivity index (χ0v) is 31.1. The number of anilines is 1. The van der Waals surface area contributed by atoms with Gasteiger partial charge in [-0.3, -0.25) is 19.2 Å². The Morgan fingerprint density at radius 3 is 2.21 bits per heavy atom. The second kappa shape index (κ2) is 14.6. The Balaban J connectivity index is 1.79. The number of nitrogens with one attached hydrogen (secondary N) is 1. The summed E-state index contributed by atoms with van der Waals surface area (Å²) in [5, 5.41) is 60.2. The average molecular weight is 738 g/mol. The third kappa shape index (κ3) is 6.92. The lowest BCUT2D eigenvalue weighted by atomic mass is 9.73. The highest BCUT2D eigenvalue weighted by molar-refractivity contribution is 6.21. The van der Waals surface area contributed by atoms with Crippen LogP contribution >= 0.6 is 0 Å². The predicted molar refractivity (Wildman–Crippen MR) is 190 cm³/mol. The molecule has 0 spiro atoms. The van der Waals surface area contributed by atoms with Crippen LogP contribution in [0.3, 0.4) is 0 Å². The van der Waals surface area contributed by atoms with Gasteiger partial charge in [-0.05, 0) is 46.3 Å². The summed E-state index contributed by atoms with van der Waals surface area (Å²) in [6.45, 7) is 12.9. The summed E-state index contributed by atoms with van der Waals surface area (Å²) in [6.07, 6.45) is 0.468. The first-order valence-electron chi connectivity index (χ1n) is 17.4. The molecule has 1 aromatic carbocycles. The van der Waals surface area contributed by atoms with E-state index in [0.29, 0.717) is 0 Å². The van der Waals surface area contributed by atoms with Crippen molar-refractivity contribution in [3.05, 3.63) is 69.2 Å². The molecule has 14 nitrogen and oxygen atoms in total. The molecule has 6 heterocycles. The summed E-state index contributed by atoms with van der Waals surface area (Å²) in [5.74, 6) is -7.39. The van der Waals surface area contributed by atoms with Crippen molar-refractivity contribution < 1.29 is 63.7 Å². The van der Waals surface area contributed by atoms with Gasteiger partial charge in [-0.1, -0.05) is 39.0 Å². The number of carbonyl (C=O) groups is 4. The van der Waals surface area contributed by atoms with Crippen LogP contribution < -0.4 is 10.1 Å². The second-order valence-electron chi connectivity index (χ2n) is 14.6. The lowest BCUT2D eigenvalue weighted by molar-refractivity contribution is -0.198. The number of aliphatic hydroxyl groups excluding tert-OH is 3. The molecule has 0 unspecified atom stereocenters. The lowest BCUT2D eigenvalue weighted by Gasteiger charge is -2.43. The van der Waals surface area contributed by atoms with Gasteiger partial charge in [0.2, 0.25) is 6.79 Å². The number of hydrogen-bond donors (Lipinski definition) is 6. The van der Waals surface area contributed by atoms with Crippen LogP contribution in [0.2, 0.25) is 0 Å². The number of carbonyl (C=O) groups excluding carboxylic acids is 4. The minimum Gasteiger partial charge on any atom is -0.505 e. The molecule has 8 rings (SSSR count). The number of phenolic OH excluding ortho intramolecular Hbond substituents is 1. The maximum atomic E-state index is 13.9. The number of allylic oxidation sites excluding steroid dienone is 5. The molecule has 9 atom stereocenters. The molecule has 0 aromatic heterocycles. The van der Waals surface area contributed by atoms with E-state index in [4.69, 9.17) is 18.9 Å². The monoisotopic (exact) mass is 737 g/mol. The van der Waals surface area contributed by atoms with E-state index in [1.807, 2.05) is 0 Å². The quantitative estimate of drug-likeness (QED) is 0.138. The molecule has 53 heavy (non-hydrogen) atoms. The minimum atomic E-state index is -2.10. The van der Waals surface area contributed by atoms with Gasteiger partial charge in [0.15, 0.2) is 11.5 Å². The van der Waals surface area contributed by atoms with Gasteiger partial charge in [-0.2, -0.15) is 0 Å². The van der Waals surface area contributed by atoms with E-state index in [9.17, 15) is 44.7 Å². The number of hydrogen-bond acceptors (Lipinski definition) is 13. The standard InChI is InChI=1S/C39H47NO13/c1-15-11-10-12-16(2)37(47)40-27-18(4)35(52-22(8)41)23-24(31(27)45)28(42)20(6)34-25(23)33(50-14-51-34)17(3)13-39(9,49)36(46)21(7)30(44)26-29(43)19(5)32(15)53-38(26)48/h10-13,15,19,21,26,29-30,32,36,43-46,49H,14H2,1-9H3,(H,40,47)/t15-,19+,21-,26+,29+,30+,32+,36-,39+/m1/s1. The number of phenols is 1. The molecule has 1 aliphatic carbocycles. The first kappa shape index (κ1) is 39.4. The number of Topliss-reactive ketones (excluding diaryl/α,β-unsaturated/α-hetero) is 1. The highest BCUT2D eigenvalue weighted by Crippen LogP contribution is 2.53. The zero-order chi connectivity index (χ0) is 39.4. The van der Waals surface area contributed by atoms with Crippen molar-refractivity contribution >= 4 is 34.9 Å². The van der Waals surface area contributed by atoms with Crippen molar-refractivity contribution in [1.29, 1.82) is 0 Å². The highest BCUT2D eigenvalue weighted by Gasteiger charge is 2.51. The Kier molecular flexibility index (Phi) is 10.8. The van der Waals surface area contributed by atoms with Gasteiger partial charge < -0.3 is 49.8 Å². The number of aromatic hydroxyl groups is 1. The van der Waals surface area contributed by atoms with Gasteiger partial charge >= 0.3 is 11.9 Å². The van der Waals surface area contributed by atoms with Crippen molar-refractivity contribution in [2.24, 2.45) is 23.7 Å². The summed E-state index contributed by atoms with van der Waals surface area (Å²) >= 11 is 0. The molecule has 14 heteroatoms. The van der Waals surface area contributed by atoms with E-state index < -0.39 is 83.1 Å². The van der Waals surface area contributed by atoms with Crippen molar-refractivity contribution in [3.63, 3.8) is 0 Å². The van der Waals surface area contributed by atoms with E-state index in [2.05, 4.69) is 5.32 Å². The van der Waals surface area contributed by atoms with Gasteiger partial charge in [-0.25, -0.2) is 0 Å². The fraction of sp³-hybridized carbons (Fsp3) is 0.487. The predicted octanol–water partition coefficient (Wildman–Crippen LogP) is 3.50. The third-order valence-corrected chi connectivity index (χ3v) is 10.6. The molecule has 1 fully saturated rings. The Bertz CT molecular complexity index is 1910. The molecule has 0 radical (unpaired) electrons. The van der Waals surface area contributed by atoms with Crippen LogP contribution in [0.5, 0.6) is 11.5 Å². The van der Waals surface area contributed by atoms with Gasteiger partial charge in [0.1, 0.15) is 34.9 Å². The van der Waals surface area contributed by atoms with E-state index in [0.717, 1.165) is 6.92 Å². The van der Waals surface area contributed by atoms with Gasteiger partial charge in [0.05, 0.1) is 35.1 Å². The van der Waals surface area contributed by atoms with E-state index in [1.54, 1.807) is 32.9 Å². The molecule has 6 bridgehead atoms. The number of ether oxygens (including phenoxy) is 4. The van der Waals surface area contributed by atoms with E-state index in [-0.39, 0.29) is 68.7 Å². The van der Waals surface area contributed by atoms with Crippen LogP contribution in [0.25, 0.3) is 5.57 Å². The number of ketones is 1. The third-order valence-electron chi connectivity index (χ3n) is 10.6. The number of benzene rings is 1. The lowest BCUT2D eigenvalue weighted by Crippen LogP contribution is -2.57. The fourth-order valence-electron chi connectivity index (χ4n) is 7.55. The van der Waals surface area contributed by atoms with Crippen LogP contribution in [-0.4, -0.2) is 86.0 Å². The summed E-state index contributed by atoms with van der Waals surface area (Å²) in [5.41, 5.74) is -2.02. The molecule has 7 aliphatic rings. The smallest absolute Gasteiger partial charge is 0.314 e. The number of aliphatic hydroxyl groups is 4. The highest BCUT2D eigenvalue weighted by atomic mass is 16.7. The average Bonchev–Trinajstić information content (AvgIpc) is 3.09. The molecular weight excluding hydrogens is 690 g/mol. The first-order chi connectivity index (χ1) is 24.7. The molecular formula is C39H47NO13. The number of rotatable bonds is 1. The van der Waals surface area contributed by atoms with Crippen molar-refractivity contribution in [3.8, 4) is 11.5 Å². The first-order valence-corrected chi connectivity index (χ1v) is 17.4. The Labute approximate surface area is 307 Å². The Morgan fingerprint density at radius 1 is 0.943 bits per heavy atom. The van der Waals surface area contributed by atoms with Gasteiger partial charge in [0, 0.05) is 47.0 Å². The molecule has 6 N–H and O–H groups in total. The van der Waals surface area contributed by atoms with Crippen molar-refractivity contribution in [2.45, 2.75) is 92.3 Å². The molecule has 1 amide bonds. The second-order valence-corrected chi connectivity index (χ2v) is 14.6. The zero-order valence-electron chi connectivity index (χ0n) is 31.1.